The number of likely N-dealkylation sites (tertiary alicyclic amines) is 1. The third-order valence-electron chi connectivity index (χ3n) is 7.84. The summed E-state index contributed by atoms with van der Waals surface area (Å²) in [6.45, 7) is 5.25. The van der Waals surface area contributed by atoms with Crippen molar-refractivity contribution in [3.05, 3.63) is 96.1 Å². The van der Waals surface area contributed by atoms with Crippen LogP contribution in [-0.2, 0) is 13.2 Å². The maximum absolute atomic E-state index is 6.07. The lowest BCUT2D eigenvalue weighted by Crippen LogP contribution is -2.46. The highest BCUT2D eigenvalue weighted by atomic mass is 16.5. The van der Waals surface area contributed by atoms with Gasteiger partial charge in [-0.3, -0.25) is 4.90 Å². The zero-order valence-corrected chi connectivity index (χ0v) is 21.0. The molecule has 0 aromatic heterocycles. The standard InChI is InChI=1S/C32H40N2O/c1-4-10-27(11-5-1)24-33-22-20-31(21-23-33)34(25-28-12-6-2-7-13-28)30-16-18-32(19-17-30)35-26-29-14-8-3-9-15-29/h1,3-5,8-11,14-19,28,31H,2,6-7,12-13,20-26H2. The minimum absolute atomic E-state index is 0.617. The summed E-state index contributed by atoms with van der Waals surface area (Å²) in [6, 6.07) is 30.9. The van der Waals surface area contributed by atoms with Crippen LogP contribution in [0.3, 0.4) is 0 Å². The summed E-state index contributed by atoms with van der Waals surface area (Å²) in [6.07, 6.45) is 9.49. The molecule has 3 heteroatoms. The summed E-state index contributed by atoms with van der Waals surface area (Å²) in [5, 5.41) is 0. The van der Waals surface area contributed by atoms with Crippen LogP contribution in [0.2, 0.25) is 0 Å². The third-order valence-corrected chi connectivity index (χ3v) is 7.84. The van der Waals surface area contributed by atoms with Crippen LogP contribution in [0.4, 0.5) is 5.69 Å². The molecule has 0 radical (unpaired) electrons. The van der Waals surface area contributed by atoms with E-state index in [2.05, 4.69) is 88.7 Å². The smallest absolute Gasteiger partial charge is 0.119 e. The first-order valence-corrected chi connectivity index (χ1v) is 13.6. The topological polar surface area (TPSA) is 15.7 Å². The van der Waals surface area contributed by atoms with Crippen LogP contribution >= 0.6 is 0 Å². The Morgan fingerprint density at radius 2 is 1.31 bits per heavy atom. The average molecular weight is 469 g/mol. The second-order valence-electron chi connectivity index (χ2n) is 10.4. The predicted octanol–water partition coefficient (Wildman–Crippen LogP) is 7.32. The summed E-state index contributed by atoms with van der Waals surface area (Å²) >= 11 is 0. The predicted molar refractivity (Wildman–Crippen MR) is 146 cm³/mol. The van der Waals surface area contributed by atoms with Crippen LogP contribution in [0.25, 0.3) is 0 Å². The van der Waals surface area contributed by atoms with E-state index in [9.17, 15) is 0 Å². The van der Waals surface area contributed by atoms with Gasteiger partial charge in [0.1, 0.15) is 12.4 Å². The molecule has 0 bridgehead atoms. The number of hydrogen-bond acceptors (Lipinski definition) is 3. The van der Waals surface area contributed by atoms with Crippen LogP contribution in [0.15, 0.2) is 84.9 Å². The zero-order chi connectivity index (χ0) is 23.7. The molecule has 2 aliphatic rings. The fourth-order valence-electron chi connectivity index (χ4n) is 5.82. The molecule has 5 rings (SSSR count). The molecule has 1 heterocycles. The lowest BCUT2D eigenvalue weighted by Gasteiger charge is -2.42. The second kappa shape index (κ2) is 12.3. The SMILES string of the molecule is c1ccc(COc2ccc(N(CC3CCCCC3)C3CCN(Cc4ccccc4)CC3)cc2)cc1. The van der Waals surface area contributed by atoms with E-state index in [1.165, 1.54) is 81.4 Å². The fraction of sp³-hybridized carbons (Fsp3) is 0.438. The zero-order valence-electron chi connectivity index (χ0n) is 21.0. The third kappa shape index (κ3) is 6.89. The van der Waals surface area contributed by atoms with Gasteiger partial charge in [0.15, 0.2) is 0 Å². The van der Waals surface area contributed by atoms with Gasteiger partial charge >= 0.3 is 0 Å². The molecule has 0 unspecified atom stereocenters. The first-order valence-electron chi connectivity index (χ1n) is 13.6. The molecule has 184 valence electrons. The van der Waals surface area contributed by atoms with Gasteiger partial charge in [-0.15, -0.1) is 0 Å². The van der Waals surface area contributed by atoms with Crippen LogP contribution < -0.4 is 9.64 Å². The molecule has 0 atom stereocenters. The van der Waals surface area contributed by atoms with E-state index in [1.807, 2.05) is 6.07 Å². The Morgan fingerprint density at radius 1 is 0.686 bits per heavy atom. The Morgan fingerprint density at radius 3 is 1.97 bits per heavy atom. The summed E-state index contributed by atoms with van der Waals surface area (Å²) in [7, 11) is 0. The van der Waals surface area contributed by atoms with E-state index in [1.54, 1.807) is 0 Å². The van der Waals surface area contributed by atoms with Crippen molar-refractivity contribution in [3.8, 4) is 5.75 Å². The van der Waals surface area contributed by atoms with Gasteiger partial charge in [0.25, 0.3) is 0 Å². The van der Waals surface area contributed by atoms with Gasteiger partial charge in [-0.1, -0.05) is 79.9 Å². The van der Waals surface area contributed by atoms with Crippen molar-refractivity contribution < 1.29 is 4.74 Å². The van der Waals surface area contributed by atoms with Crippen molar-refractivity contribution in [2.45, 2.75) is 64.1 Å². The number of anilines is 1. The van der Waals surface area contributed by atoms with E-state index in [0.717, 1.165) is 18.2 Å². The highest BCUT2D eigenvalue weighted by molar-refractivity contribution is 5.50. The first-order chi connectivity index (χ1) is 17.3. The van der Waals surface area contributed by atoms with Crippen molar-refractivity contribution in [1.82, 2.24) is 4.90 Å². The van der Waals surface area contributed by atoms with E-state index < -0.39 is 0 Å². The van der Waals surface area contributed by atoms with Gasteiger partial charge in [-0.05, 0) is 67.0 Å². The minimum Gasteiger partial charge on any atom is -0.489 e. The van der Waals surface area contributed by atoms with Crippen LogP contribution in [0, 0.1) is 5.92 Å². The van der Waals surface area contributed by atoms with Crippen molar-refractivity contribution >= 4 is 5.69 Å². The Balaban J connectivity index is 1.22. The van der Waals surface area contributed by atoms with E-state index in [-0.39, 0.29) is 0 Å². The van der Waals surface area contributed by atoms with Crippen molar-refractivity contribution in [2.75, 3.05) is 24.5 Å². The lowest BCUT2D eigenvalue weighted by atomic mass is 9.88. The molecule has 1 saturated heterocycles. The van der Waals surface area contributed by atoms with E-state index in [4.69, 9.17) is 4.74 Å². The summed E-state index contributed by atoms with van der Waals surface area (Å²) in [4.78, 5) is 5.38. The molecule has 0 spiro atoms. The molecule has 3 nitrogen and oxygen atoms in total. The van der Waals surface area contributed by atoms with Crippen LogP contribution in [0.1, 0.15) is 56.1 Å². The highest BCUT2D eigenvalue weighted by Gasteiger charge is 2.27. The van der Waals surface area contributed by atoms with Crippen molar-refractivity contribution in [3.63, 3.8) is 0 Å². The monoisotopic (exact) mass is 468 g/mol. The van der Waals surface area contributed by atoms with Gasteiger partial charge in [0.05, 0.1) is 0 Å². The molecular formula is C32H40N2O. The number of rotatable bonds is 9. The molecule has 35 heavy (non-hydrogen) atoms. The van der Waals surface area contributed by atoms with Gasteiger partial charge < -0.3 is 9.64 Å². The molecule has 1 aliphatic carbocycles. The highest BCUT2D eigenvalue weighted by Crippen LogP contribution is 2.31. The van der Waals surface area contributed by atoms with Crippen LogP contribution in [-0.4, -0.2) is 30.6 Å². The molecule has 1 saturated carbocycles. The molecule has 3 aromatic carbocycles. The van der Waals surface area contributed by atoms with Gasteiger partial charge in [0, 0.05) is 37.9 Å². The normalized spacial score (nSPS) is 17.8. The summed E-state index contributed by atoms with van der Waals surface area (Å²) < 4.78 is 6.07. The Bertz CT molecular complexity index is 991. The summed E-state index contributed by atoms with van der Waals surface area (Å²) in [5.74, 6) is 1.79. The van der Waals surface area contributed by atoms with Crippen molar-refractivity contribution in [2.24, 2.45) is 5.92 Å². The quantitative estimate of drug-likeness (QED) is 0.327. The largest absolute Gasteiger partial charge is 0.489 e. The Kier molecular flexibility index (Phi) is 8.39. The molecule has 3 aromatic rings. The molecule has 1 aliphatic heterocycles. The van der Waals surface area contributed by atoms with Crippen molar-refractivity contribution in [1.29, 1.82) is 0 Å². The Labute approximate surface area is 211 Å². The van der Waals surface area contributed by atoms with Gasteiger partial charge in [-0.25, -0.2) is 0 Å². The number of hydrogen-bond donors (Lipinski definition) is 0. The molecular weight excluding hydrogens is 428 g/mol. The maximum atomic E-state index is 6.07. The first kappa shape index (κ1) is 23.9. The van der Waals surface area contributed by atoms with E-state index >= 15 is 0 Å². The Hall–Kier alpha value is -2.78. The number of piperidine rings is 1. The minimum atomic E-state index is 0.617. The summed E-state index contributed by atoms with van der Waals surface area (Å²) in [5.41, 5.74) is 4.00. The van der Waals surface area contributed by atoms with Gasteiger partial charge in [-0.2, -0.15) is 0 Å². The molecule has 2 fully saturated rings. The number of benzene rings is 3. The van der Waals surface area contributed by atoms with E-state index in [0.29, 0.717) is 12.6 Å². The van der Waals surface area contributed by atoms with Gasteiger partial charge in [0.2, 0.25) is 0 Å². The molecule has 0 N–H and O–H groups in total. The maximum Gasteiger partial charge on any atom is 0.119 e. The second-order valence-corrected chi connectivity index (χ2v) is 10.4. The number of ether oxygens (including phenoxy) is 1. The number of nitrogens with zero attached hydrogens (tertiary/aromatic N) is 2. The van der Waals surface area contributed by atoms with Crippen LogP contribution in [0.5, 0.6) is 5.75 Å². The fourth-order valence-corrected chi connectivity index (χ4v) is 5.82. The molecule has 0 amide bonds. The lowest BCUT2D eigenvalue weighted by molar-refractivity contribution is 0.197. The average Bonchev–Trinajstić information content (AvgIpc) is 2.93.